The summed E-state index contributed by atoms with van der Waals surface area (Å²) in [5.74, 6) is -1.85. The van der Waals surface area contributed by atoms with Crippen molar-refractivity contribution in [2.45, 2.75) is 18.9 Å². The second kappa shape index (κ2) is 6.51. The summed E-state index contributed by atoms with van der Waals surface area (Å²) < 4.78 is 63.5. The second-order valence-corrected chi connectivity index (χ2v) is 7.78. The third-order valence-corrected chi connectivity index (χ3v) is 5.31. The zero-order valence-electron chi connectivity index (χ0n) is 13.3. The van der Waals surface area contributed by atoms with Crippen molar-refractivity contribution in [1.82, 2.24) is 9.78 Å². The Morgan fingerprint density at radius 1 is 1.24 bits per heavy atom. The first kappa shape index (κ1) is 19.0. The molecule has 0 unspecified atom stereocenters. The number of halogens is 3. The average molecular weight is 376 g/mol. The van der Waals surface area contributed by atoms with Gasteiger partial charge in [0.1, 0.15) is 5.56 Å². The van der Waals surface area contributed by atoms with Crippen LogP contribution in [0.2, 0.25) is 0 Å². The Labute approximate surface area is 141 Å². The molecule has 1 heterocycles. The van der Waals surface area contributed by atoms with Crippen LogP contribution in [0.25, 0.3) is 0 Å². The number of alkyl halides is 3. The first-order valence-electron chi connectivity index (χ1n) is 7.16. The Morgan fingerprint density at radius 2 is 1.88 bits per heavy atom. The van der Waals surface area contributed by atoms with Gasteiger partial charge < -0.3 is 5.10 Å². The van der Waals surface area contributed by atoms with Gasteiger partial charge in [-0.15, -0.1) is 0 Å². The number of aromatic nitrogens is 2. The summed E-state index contributed by atoms with van der Waals surface area (Å²) >= 11 is 0. The molecule has 0 atom stereocenters. The molecule has 0 saturated carbocycles. The van der Waals surface area contributed by atoms with E-state index in [-0.39, 0.29) is 22.4 Å². The Balaban J connectivity index is 2.62. The van der Waals surface area contributed by atoms with E-state index in [1.165, 1.54) is 14.0 Å². The van der Waals surface area contributed by atoms with Gasteiger partial charge in [-0.2, -0.15) is 13.2 Å². The number of benzene rings is 1. The fraction of sp³-hybridized carbons (Fsp3) is 0.333. The van der Waals surface area contributed by atoms with Crippen molar-refractivity contribution in [2.75, 3.05) is 5.75 Å². The Hall–Kier alpha value is -2.36. The van der Waals surface area contributed by atoms with Crippen molar-refractivity contribution in [1.29, 1.82) is 0 Å². The lowest BCUT2D eigenvalue weighted by Crippen LogP contribution is -2.21. The maximum Gasteiger partial charge on any atom is 0.416 e. The number of hydrogen-bond donors (Lipinski definition) is 1. The number of hydrogen-bond acceptors (Lipinski definition) is 4. The number of rotatable bonds is 5. The van der Waals surface area contributed by atoms with E-state index < -0.39 is 38.7 Å². The highest BCUT2D eigenvalue weighted by molar-refractivity contribution is 7.90. The lowest BCUT2D eigenvalue weighted by Gasteiger charge is -2.12. The van der Waals surface area contributed by atoms with E-state index in [0.717, 1.165) is 16.9 Å². The zero-order chi connectivity index (χ0) is 19.0. The molecule has 0 fully saturated rings. The SMILES string of the molecule is CCS(=O)(=O)Cc1cc(C(F)(F)F)ccc1C(=O)c1c[nH]n(C)c1=O. The zero-order valence-corrected chi connectivity index (χ0v) is 14.2. The Morgan fingerprint density at radius 3 is 2.36 bits per heavy atom. The van der Waals surface area contributed by atoms with Crippen LogP contribution in [-0.2, 0) is 28.8 Å². The third kappa shape index (κ3) is 4.01. The number of carbonyl (C=O) groups is 1. The predicted octanol–water partition coefficient (Wildman–Crippen LogP) is 1.90. The first-order valence-corrected chi connectivity index (χ1v) is 8.98. The molecule has 136 valence electrons. The minimum Gasteiger partial charge on any atom is -0.302 e. The van der Waals surface area contributed by atoms with Gasteiger partial charge in [0.25, 0.3) is 5.56 Å². The molecule has 10 heteroatoms. The van der Waals surface area contributed by atoms with Crippen molar-refractivity contribution < 1.29 is 26.4 Å². The third-order valence-electron chi connectivity index (χ3n) is 3.67. The quantitative estimate of drug-likeness (QED) is 0.807. The molecule has 0 amide bonds. The lowest BCUT2D eigenvalue weighted by molar-refractivity contribution is -0.137. The molecule has 2 rings (SSSR count). The summed E-state index contributed by atoms with van der Waals surface area (Å²) in [7, 11) is -2.32. The summed E-state index contributed by atoms with van der Waals surface area (Å²) in [5.41, 5.74) is -2.54. The second-order valence-electron chi connectivity index (χ2n) is 5.43. The molecule has 0 aliphatic carbocycles. The Bertz CT molecular complexity index is 971. The van der Waals surface area contributed by atoms with Crippen LogP contribution in [0.5, 0.6) is 0 Å². The Kier molecular flexibility index (Phi) is 4.94. The molecule has 0 spiro atoms. The highest BCUT2D eigenvalue weighted by atomic mass is 32.2. The normalized spacial score (nSPS) is 12.4. The van der Waals surface area contributed by atoms with Crippen LogP contribution in [0, 0.1) is 0 Å². The van der Waals surface area contributed by atoms with Crippen LogP contribution in [0.3, 0.4) is 0 Å². The number of sulfone groups is 1. The summed E-state index contributed by atoms with van der Waals surface area (Å²) in [4.78, 5) is 24.4. The minimum atomic E-state index is -4.68. The van der Waals surface area contributed by atoms with Crippen LogP contribution in [0.15, 0.2) is 29.2 Å². The van der Waals surface area contributed by atoms with Crippen molar-refractivity contribution in [3.05, 3.63) is 57.0 Å². The maximum atomic E-state index is 12.9. The number of aryl methyl sites for hydroxylation is 1. The van der Waals surface area contributed by atoms with Crippen molar-refractivity contribution in [3.8, 4) is 0 Å². The highest BCUT2D eigenvalue weighted by Gasteiger charge is 2.32. The smallest absolute Gasteiger partial charge is 0.302 e. The molecule has 6 nitrogen and oxygen atoms in total. The molecule has 1 aromatic heterocycles. The summed E-state index contributed by atoms with van der Waals surface area (Å²) in [6.45, 7) is 1.35. The van der Waals surface area contributed by atoms with E-state index in [4.69, 9.17) is 0 Å². The molecule has 1 aromatic carbocycles. The number of H-pyrrole nitrogens is 1. The van der Waals surface area contributed by atoms with Crippen LogP contribution >= 0.6 is 0 Å². The number of aromatic amines is 1. The molecular formula is C15H15F3N2O4S. The van der Waals surface area contributed by atoms with E-state index >= 15 is 0 Å². The van der Waals surface area contributed by atoms with E-state index in [1.54, 1.807) is 0 Å². The fourth-order valence-electron chi connectivity index (χ4n) is 2.22. The highest BCUT2D eigenvalue weighted by Crippen LogP contribution is 2.31. The van der Waals surface area contributed by atoms with E-state index in [0.29, 0.717) is 12.1 Å². The number of nitrogens with one attached hydrogen (secondary N) is 1. The van der Waals surface area contributed by atoms with Gasteiger partial charge in [0.2, 0.25) is 0 Å². The number of ketones is 1. The number of carbonyl (C=O) groups excluding carboxylic acids is 1. The van der Waals surface area contributed by atoms with Crippen LogP contribution in [-0.4, -0.2) is 29.7 Å². The summed E-state index contributed by atoms with van der Waals surface area (Å²) in [6.07, 6.45) is -3.56. The maximum absolute atomic E-state index is 12.9. The van der Waals surface area contributed by atoms with Crippen molar-refractivity contribution in [3.63, 3.8) is 0 Å². The van der Waals surface area contributed by atoms with Gasteiger partial charge in [-0.3, -0.25) is 14.3 Å². The lowest BCUT2D eigenvalue weighted by atomic mass is 9.98. The van der Waals surface area contributed by atoms with Crippen LogP contribution < -0.4 is 5.56 Å². The van der Waals surface area contributed by atoms with E-state index in [2.05, 4.69) is 5.10 Å². The van der Waals surface area contributed by atoms with Crippen LogP contribution in [0.1, 0.15) is 34.0 Å². The molecule has 0 saturated heterocycles. The summed E-state index contributed by atoms with van der Waals surface area (Å²) in [6, 6.07) is 2.22. The van der Waals surface area contributed by atoms with Crippen molar-refractivity contribution in [2.24, 2.45) is 7.05 Å². The minimum absolute atomic E-state index is 0.248. The van der Waals surface area contributed by atoms with Gasteiger partial charge in [-0.05, 0) is 17.7 Å². The predicted molar refractivity (Wildman–Crippen MR) is 84.1 cm³/mol. The van der Waals surface area contributed by atoms with Crippen molar-refractivity contribution >= 4 is 15.6 Å². The standard InChI is InChI=1S/C15H15F3N2O4S/c1-3-25(23,24)8-9-6-10(15(16,17)18)4-5-11(9)13(21)12-7-19-20(2)14(12)22/h4-7,19H,3,8H2,1-2H3. The first-order chi connectivity index (χ1) is 11.5. The van der Waals surface area contributed by atoms with E-state index in [1.807, 2.05) is 0 Å². The monoisotopic (exact) mass is 376 g/mol. The van der Waals surface area contributed by atoms with Gasteiger partial charge in [0.15, 0.2) is 15.6 Å². The topological polar surface area (TPSA) is 89.0 Å². The molecule has 25 heavy (non-hydrogen) atoms. The van der Waals surface area contributed by atoms with Gasteiger partial charge in [0, 0.05) is 24.6 Å². The molecule has 0 aliphatic rings. The summed E-state index contributed by atoms with van der Waals surface area (Å²) in [5, 5.41) is 2.49. The molecule has 2 aromatic rings. The molecule has 0 radical (unpaired) electrons. The van der Waals surface area contributed by atoms with Gasteiger partial charge >= 0.3 is 6.18 Å². The molecule has 0 bridgehead atoms. The van der Waals surface area contributed by atoms with Gasteiger partial charge in [0.05, 0.1) is 11.3 Å². The van der Waals surface area contributed by atoms with Gasteiger partial charge in [-0.1, -0.05) is 13.0 Å². The van der Waals surface area contributed by atoms with E-state index in [9.17, 15) is 31.2 Å². The fourth-order valence-corrected chi connectivity index (χ4v) is 3.14. The molecule has 0 aliphatic heterocycles. The van der Waals surface area contributed by atoms with Gasteiger partial charge in [-0.25, -0.2) is 8.42 Å². The average Bonchev–Trinajstić information content (AvgIpc) is 2.85. The van der Waals surface area contributed by atoms with Crippen LogP contribution in [0.4, 0.5) is 13.2 Å². The largest absolute Gasteiger partial charge is 0.416 e. The molecule has 1 N–H and O–H groups in total. The number of nitrogens with zero attached hydrogens (tertiary/aromatic N) is 1. The molecular weight excluding hydrogens is 361 g/mol.